The average Bonchev–Trinajstić information content (AvgIpc) is 3.27. The van der Waals surface area contributed by atoms with E-state index in [1.54, 1.807) is 23.1 Å². The number of ether oxygens (including phenoxy) is 1. The molecule has 2 atom stereocenters. The van der Waals surface area contributed by atoms with Crippen molar-refractivity contribution < 1.29 is 28.2 Å². The van der Waals surface area contributed by atoms with Gasteiger partial charge in [-0.05, 0) is 18.2 Å². The SMILES string of the molecule is O=C(Nc1ccccc1C(=O)O)c1coc(N2CC[C@H](Oc3ncccn3)[C@H](F)C2)n1. The fraction of sp³-hybridized carbons (Fsp3) is 0.250. The normalized spacial score (nSPS) is 18.4. The Kier molecular flexibility index (Phi) is 5.74. The summed E-state index contributed by atoms with van der Waals surface area (Å²) in [6, 6.07) is 7.84. The summed E-state index contributed by atoms with van der Waals surface area (Å²) in [5.41, 5.74) is 0.0282. The minimum absolute atomic E-state index is 0.0408. The Morgan fingerprint density at radius 1 is 1.23 bits per heavy atom. The molecule has 1 saturated heterocycles. The largest absolute Gasteiger partial charge is 0.478 e. The van der Waals surface area contributed by atoms with Crippen molar-refractivity contribution in [2.45, 2.75) is 18.7 Å². The fourth-order valence-corrected chi connectivity index (χ4v) is 3.15. The van der Waals surface area contributed by atoms with Crippen molar-refractivity contribution >= 4 is 23.6 Å². The van der Waals surface area contributed by atoms with Crippen LogP contribution in [0.4, 0.5) is 16.1 Å². The maximum Gasteiger partial charge on any atom is 0.337 e. The van der Waals surface area contributed by atoms with Crippen LogP contribution >= 0.6 is 0 Å². The zero-order valence-electron chi connectivity index (χ0n) is 16.1. The van der Waals surface area contributed by atoms with Crippen molar-refractivity contribution in [1.29, 1.82) is 0 Å². The lowest BCUT2D eigenvalue weighted by Gasteiger charge is -2.33. The number of nitrogens with one attached hydrogen (secondary N) is 1. The molecule has 10 nitrogen and oxygen atoms in total. The van der Waals surface area contributed by atoms with Crippen molar-refractivity contribution in [2.75, 3.05) is 23.3 Å². The number of carbonyl (C=O) groups is 2. The lowest BCUT2D eigenvalue weighted by molar-refractivity contribution is 0.0698. The molecule has 3 aromatic rings. The Labute approximate surface area is 175 Å². The molecule has 1 aliphatic rings. The first-order valence-corrected chi connectivity index (χ1v) is 9.43. The Morgan fingerprint density at radius 2 is 2.00 bits per heavy atom. The van der Waals surface area contributed by atoms with E-state index in [4.69, 9.17) is 9.15 Å². The van der Waals surface area contributed by atoms with Gasteiger partial charge in [0, 0.05) is 25.4 Å². The lowest BCUT2D eigenvalue weighted by atomic mass is 10.1. The van der Waals surface area contributed by atoms with Gasteiger partial charge in [0.15, 0.2) is 11.9 Å². The predicted molar refractivity (Wildman–Crippen MR) is 106 cm³/mol. The molecule has 1 aromatic carbocycles. The summed E-state index contributed by atoms with van der Waals surface area (Å²) in [6.07, 6.45) is 2.46. The van der Waals surface area contributed by atoms with Gasteiger partial charge in [-0.25, -0.2) is 19.2 Å². The van der Waals surface area contributed by atoms with Gasteiger partial charge in [-0.2, -0.15) is 4.98 Å². The van der Waals surface area contributed by atoms with Gasteiger partial charge in [0.25, 0.3) is 11.9 Å². The number of carbonyl (C=O) groups excluding carboxylic acids is 1. The standard InChI is InChI=1S/C20H18FN5O5/c21-13-10-26(9-6-16(13)31-19-22-7-3-8-23-19)20-25-15(11-30-20)17(27)24-14-5-2-1-4-12(14)18(28)29/h1-5,7-8,11,13,16H,6,9-10H2,(H,24,27)(H,28,29)/t13-,16+/m1/s1. The van der Waals surface area contributed by atoms with E-state index in [9.17, 15) is 19.1 Å². The summed E-state index contributed by atoms with van der Waals surface area (Å²) in [6.45, 7) is 0.349. The molecule has 2 N–H and O–H groups in total. The lowest BCUT2D eigenvalue weighted by Crippen LogP contribution is -2.47. The Hall–Kier alpha value is -4.02. The number of oxazole rings is 1. The van der Waals surface area contributed by atoms with Gasteiger partial charge in [-0.3, -0.25) is 4.79 Å². The number of nitrogens with zero attached hydrogens (tertiary/aromatic N) is 4. The van der Waals surface area contributed by atoms with E-state index in [1.807, 2.05) is 0 Å². The van der Waals surface area contributed by atoms with Gasteiger partial charge < -0.3 is 24.5 Å². The third-order valence-electron chi connectivity index (χ3n) is 4.68. The highest BCUT2D eigenvalue weighted by Gasteiger charge is 2.33. The Balaban J connectivity index is 1.39. The monoisotopic (exact) mass is 427 g/mol. The van der Waals surface area contributed by atoms with E-state index in [-0.39, 0.29) is 35.5 Å². The van der Waals surface area contributed by atoms with Crippen LogP contribution in [0.5, 0.6) is 6.01 Å². The molecule has 0 radical (unpaired) electrons. The van der Waals surface area contributed by atoms with E-state index in [0.29, 0.717) is 13.0 Å². The van der Waals surface area contributed by atoms with Crippen LogP contribution in [-0.2, 0) is 0 Å². The highest BCUT2D eigenvalue weighted by molar-refractivity contribution is 6.06. The molecule has 1 amide bonds. The first kappa shape index (κ1) is 20.3. The van der Waals surface area contributed by atoms with Crippen LogP contribution in [0.1, 0.15) is 27.3 Å². The molecule has 0 spiro atoms. The number of amides is 1. The molecule has 0 aliphatic carbocycles. The number of halogens is 1. The maximum atomic E-state index is 14.6. The van der Waals surface area contributed by atoms with E-state index >= 15 is 0 Å². The first-order valence-electron chi connectivity index (χ1n) is 9.43. The topological polar surface area (TPSA) is 131 Å². The first-order chi connectivity index (χ1) is 15.0. The molecule has 0 bridgehead atoms. The zero-order valence-corrected chi connectivity index (χ0v) is 16.1. The summed E-state index contributed by atoms with van der Waals surface area (Å²) >= 11 is 0. The number of anilines is 2. The zero-order chi connectivity index (χ0) is 21.8. The number of benzene rings is 1. The van der Waals surface area contributed by atoms with Crippen LogP contribution in [0.3, 0.4) is 0 Å². The smallest absolute Gasteiger partial charge is 0.337 e. The van der Waals surface area contributed by atoms with E-state index in [0.717, 1.165) is 6.26 Å². The number of piperidine rings is 1. The second-order valence-corrected chi connectivity index (χ2v) is 6.76. The second kappa shape index (κ2) is 8.78. The number of carboxylic acid groups (broad SMARTS) is 1. The number of hydrogen-bond acceptors (Lipinski definition) is 8. The minimum atomic E-state index is -1.34. The van der Waals surface area contributed by atoms with E-state index < -0.39 is 24.2 Å². The van der Waals surface area contributed by atoms with Gasteiger partial charge >= 0.3 is 12.0 Å². The molecule has 4 rings (SSSR count). The number of rotatable bonds is 6. The molecule has 3 heterocycles. The van der Waals surface area contributed by atoms with Crippen molar-refractivity contribution in [2.24, 2.45) is 0 Å². The Bertz CT molecular complexity index is 1080. The summed E-state index contributed by atoms with van der Waals surface area (Å²) in [4.78, 5) is 37.3. The number of hydrogen-bond donors (Lipinski definition) is 2. The molecular formula is C20H18FN5O5. The number of alkyl halides is 1. The summed E-state index contributed by atoms with van der Waals surface area (Å²) in [5, 5.41) is 11.7. The van der Waals surface area contributed by atoms with Crippen molar-refractivity contribution in [3.8, 4) is 6.01 Å². The molecule has 31 heavy (non-hydrogen) atoms. The maximum absolute atomic E-state index is 14.6. The van der Waals surface area contributed by atoms with Crippen LogP contribution < -0.4 is 15.0 Å². The quantitative estimate of drug-likeness (QED) is 0.609. The van der Waals surface area contributed by atoms with Crippen molar-refractivity contribution in [1.82, 2.24) is 15.0 Å². The fourth-order valence-electron chi connectivity index (χ4n) is 3.15. The van der Waals surface area contributed by atoms with Gasteiger partial charge in [-0.15, -0.1) is 0 Å². The summed E-state index contributed by atoms with van der Waals surface area (Å²) in [7, 11) is 0. The van der Waals surface area contributed by atoms with Crippen molar-refractivity contribution in [3.05, 3.63) is 60.2 Å². The van der Waals surface area contributed by atoms with Gasteiger partial charge in [0.2, 0.25) is 0 Å². The third-order valence-corrected chi connectivity index (χ3v) is 4.68. The van der Waals surface area contributed by atoms with Gasteiger partial charge in [0.05, 0.1) is 17.8 Å². The van der Waals surface area contributed by atoms with Crippen LogP contribution in [-0.4, -0.2) is 57.3 Å². The number of aromatic carboxylic acids is 1. The molecule has 0 saturated carbocycles. The molecule has 1 aliphatic heterocycles. The molecule has 160 valence electrons. The molecule has 2 aromatic heterocycles. The second-order valence-electron chi connectivity index (χ2n) is 6.76. The number of aromatic nitrogens is 3. The highest BCUT2D eigenvalue weighted by atomic mass is 19.1. The summed E-state index contributed by atoms with van der Waals surface area (Å²) < 4.78 is 25.5. The molecule has 1 fully saturated rings. The highest BCUT2D eigenvalue weighted by Crippen LogP contribution is 2.24. The number of carboxylic acids is 1. The number of para-hydroxylation sites is 1. The molecular weight excluding hydrogens is 409 g/mol. The van der Waals surface area contributed by atoms with Crippen LogP contribution in [0, 0.1) is 0 Å². The predicted octanol–water partition coefficient (Wildman–Crippen LogP) is 2.41. The van der Waals surface area contributed by atoms with Crippen LogP contribution in [0.15, 0.2) is 53.4 Å². The Morgan fingerprint density at radius 3 is 2.74 bits per heavy atom. The van der Waals surface area contributed by atoms with Gasteiger partial charge in [-0.1, -0.05) is 12.1 Å². The molecule has 0 unspecified atom stereocenters. The van der Waals surface area contributed by atoms with E-state index in [2.05, 4.69) is 20.3 Å². The molecule has 11 heteroatoms. The third kappa shape index (κ3) is 4.60. The summed E-state index contributed by atoms with van der Waals surface area (Å²) in [5.74, 6) is -1.81. The average molecular weight is 427 g/mol. The van der Waals surface area contributed by atoms with Crippen LogP contribution in [0.2, 0.25) is 0 Å². The van der Waals surface area contributed by atoms with Crippen LogP contribution in [0.25, 0.3) is 0 Å². The van der Waals surface area contributed by atoms with Crippen molar-refractivity contribution in [3.63, 3.8) is 0 Å². The van der Waals surface area contributed by atoms with Gasteiger partial charge in [0.1, 0.15) is 12.4 Å². The van der Waals surface area contributed by atoms with E-state index in [1.165, 1.54) is 24.5 Å². The minimum Gasteiger partial charge on any atom is -0.478 e.